The zero-order valence-corrected chi connectivity index (χ0v) is 13.5. The van der Waals surface area contributed by atoms with Crippen molar-refractivity contribution in [3.05, 3.63) is 101 Å². The van der Waals surface area contributed by atoms with E-state index in [1.165, 1.54) is 0 Å². The maximum atomic E-state index is 12.1. The molecule has 0 fully saturated rings. The molecule has 2 heteroatoms. The molecule has 0 heterocycles. The minimum atomic E-state index is 0.0914. The molecule has 0 unspecified atom stereocenters. The first-order chi connectivity index (χ1) is 11.1. The average molecular weight is 303 g/mol. The molecule has 2 N–H and O–H groups in total. The van der Waals surface area contributed by atoms with Gasteiger partial charge in [0.15, 0.2) is 5.78 Å². The van der Waals surface area contributed by atoms with Crippen LogP contribution in [-0.2, 0) is 0 Å². The highest BCUT2D eigenvalue weighted by molar-refractivity contribution is 6.09. The molecule has 23 heavy (non-hydrogen) atoms. The van der Waals surface area contributed by atoms with Gasteiger partial charge >= 0.3 is 0 Å². The molecule has 0 spiro atoms. The van der Waals surface area contributed by atoms with E-state index in [9.17, 15) is 4.79 Å². The summed E-state index contributed by atoms with van der Waals surface area (Å²) >= 11 is 0. The second-order valence-corrected chi connectivity index (χ2v) is 5.37. The van der Waals surface area contributed by atoms with Crippen LogP contribution in [0.15, 0.2) is 78.9 Å². The van der Waals surface area contributed by atoms with Gasteiger partial charge in [-0.2, -0.15) is 0 Å². The molecular formula is C21H21NO. The van der Waals surface area contributed by atoms with Gasteiger partial charge in [0, 0.05) is 16.8 Å². The predicted molar refractivity (Wildman–Crippen MR) is 96.6 cm³/mol. The fourth-order valence-corrected chi connectivity index (χ4v) is 2.16. The van der Waals surface area contributed by atoms with Crippen LogP contribution in [0.3, 0.4) is 0 Å². The summed E-state index contributed by atoms with van der Waals surface area (Å²) in [4.78, 5) is 12.1. The van der Waals surface area contributed by atoms with Crippen molar-refractivity contribution in [1.29, 1.82) is 0 Å². The van der Waals surface area contributed by atoms with Crippen molar-refractivity contribution in [3.63, 3.8) is 0 Å². The Morgan fingerprint density at radius 3 is 1.74 bits per heavy atom. The number of nitrogen functional groups attached to an aromatic ring is 1. The molecule has 0 atom stereocenters. The largest absolute Gasteiger partial charge is 0.399 e. The predicted octanol–water partition coefficient (Wildman–Crippen LogP) is 4.80. The third-order valence-corrected chi connectivity index (χ3v) is 3.61. The van der Waals surface area contributed by atoms with E-state index in [1.54, 1.807) is 0 Å². The Hall–Kier alpha value is -2.87. The minimum absolute atomic E-state index is 0.0914. The Balaban J connectivity index is 0.000000203. The minimum Gasteiger partial charge on any atom is -0.399 e. The van der Waals surface area contributed by atoms with Gasteiger partial charge in [0.1, 0.15) is 0 Å². The molecule has 0 aliphatic heterocycles. The summed E-state index contributed by atoms with van der Waals surface area (Å²) in [7, 11) is 0. The summed E-state index contributed by atoms with van der Waals surface area (Å²) in [6.45, 7) is 3.95. The third-order valence-electron chi connectivity index (χ3n) is 3.61. The Kier molecular flexibility index (Phi) is 5.70. The Morgan fingerprint density at radius 2 is 1.22 bits per heavy atom. The Bertz CT molecular complexity index is 758. The number of nitrogens with two attached hydrogens (primary N) is 1. The molecule has 0 saturated carbocycles. The molecule has 0 bridgehead atoms. The van der Waals surface area contributed by atoms with Crippen LogP contribution >= 0.6 is 0 Å². The maximum absolute atomic E-state index is 12.1. The quantitative estimate of drug-likeness (QED) is 0.545. The van der Waals surface area contributed by atoms with Gasteiger partial charge in [-0.05, 0) is 31.0 Å². The van der Waals surface area contributed by atoms with Crippen LogP contribution in [0.4, 0.5) is 5.69 Å². The summed E-state index contributed by atoms with van der Waals surface area (Å²) in [5.41, 5.74) is 10.1. The smallest absolute Gasteiger partial charge is 0.193 e. The second-order valence-electron chi connectivity index (χ2n) is 5.37. The fourth-order valence-electron chi connectivity index (χ4n) is 2.16. The second kappa shape index (κ2) is 7.95. The van der Waals surface area contributed by atoms with Crippen molar-refractivity contribution in [2.75, 3.05) is 5.73 Å². The number of ketones is 1. The lowest BCUT2D eigenvalue weighted by atomic mass is 9.99. The van der Waals surface area contributed by atoms with Crippen LogP contribution in [0, 0.1) is 13.8 Å². The lowest BCUT2D eigenvalue weighted by molar-refractivity contribution is 0.103. The Labute approximate surface area is 137 Å². The highest BCUT2D eigenvalue weighted by atomic mass is 16.1. The molecule has 2 nitrogen and oxygen atoms in total. The first-order valence-electron chi connectivity index (χ1n) is 7.56. The van der Waals surface area contributed by atoms with Gasteiger partial charge in [0.05, 0.1) is 0 Å². The normalized spacial score (nSPS) is 9.65. The molecule has 0 radical (unpaired) electrons. The molecule has 3 aromatic carbocycles. The molecular weight excluding hydrogens is 282 g/mol. The number of para-hydroxylation sites is 1. The highest BCUT2D eigenvalue weighted by Crippen LogP contribution is 2.13. The van der Waals surface area contributed by atoms with Crippen LogP contribution in [0.1, 0.15) is 27.0 Å². The lowest BCUT2D eigenvalue weighted by Crippen LogP contribution is -2.02. The van der Waals surface area contributed by atoms with Crippen LogP contribution in [0.25, 0.3) is 0 Å². The van der Waals surface area contributed by atoms with Crippen LogP contribution in [-0.4, -0.2) is 5.78 Å². The molecule has 0 amide bonds. The number of carbonyl (C=O) groups is 1. The number of rotatable bonds is 2. The van der Waals surface area contributed by atoms with Crippen molar-refractivity contribution in [2.45, 2.75) is 13.8 Å². The molecule has 0 aliphatic rings. The average Bonchev–Trinajstić information content (AvgIpc) is 2.59. The van der Waals surface area contributed by atoms with Crippen molar-refractivity contribution in [1.82, 2.24) is 0 Å². The molecule has 116 valence electrons. The molecule has 3 rings (SSSR count). The first-order valence-corrected chi connectivity index (χ1v) is 7.56. The SMILES string of the molecule is Cc1ccccc1C(=O)c1ccccc1.Cc1ccccc1N. The van der Waals surface area contributed by atoms with Crippen molar-refractivity contribution in [3.8, 4) is 0 Å². The van der Waals surface area contributed by atoms with E-state index in [-0.39, 0.29) is 5.78 Å². The summed E-state index contributed by atoms with van der Waals surface area (Å²) < 4.78 is 0. The van der Waals surface area contributed by atoms with Crippen molar-refractivity contribution >= 4 is 11.5 Å². The molecule has 0 saturated heterocycles. The third kappa shape index (κ3) is 4.55. The van der Waals surface area contributed by atoms with E-state index in [1.807, 2.05) is 92.7 Å². The van der Waals surface area contributed by atoms with Gasteiger partial charge in [-0.15, -0.1) is 0 Å². The number of hydrogen-bond acceptors (Lipinski definition) is 2. The van der Waals surface area contributed by atoms with Gasteiger partial charge in [-0.1, -0.05) is 72.8 Å². The molecule has 3 aromatic rings. The zero-order valence-electron chi connectivity index (χ0n) is 13.5. The van der Waals surface area contributed by atoms with Gasteiger partial charge in [0.25, 0.3) is 0 Å². The molecule has 0 aromatic heterocycles. The van der Waals surface area contributed by atoms with Crippen molar-refractivity contribution in [2.24, 2.45) is 0 Å². The van der Waals surface area contributed by atoms with E-state index >= 15 is 0 Å². The van der Waals surface area contributed by atoms with E-state index in [4.69, 9.17) is 5.73 Å². The number of benzene rings is 3. The van der Waals surface area contributed by atoms with E-state index < -0.39 is 0 Å². The van der Waals surface area contributed by atoms with E-state index in [2.05, 4.69) is 0 Å². The number of carbonyl (C=O) groups excluding carboxylic acids is 1. The first kappa shape index (κ1) is 16.5. The van der Waals surface area contributed by atoms with Gasteiger partial charge in [-0.3, -0.25) is 4.79 Å². The Morgan fingerprint density at radius 1 is 0.696 bits per heavy atom. The lowest BCUT2D eigenvalue weighted by Gasteiger charge is -2.03. The van der Waals surface area contributed by atoms with E-state index in [0.717, 1.165) is 27.9 Å². The topological polar surface area (TPSA) is 43.1 Å². The van der Waals surface area contributed by atoms with Gasteiger partial charge in [0.2, 0.25) is 0 Å². The number of aryl methyl sites for hydroxylation is 2. The standard InChI is InChI=1S/C14H12O.C7H9N/c1-11-7-5-6-10-13(11)14(15)12-8-3-2-4-9-12;1-6-4-2-3-5-7(6)8/h2-10H,1H3;2-5H,8H2,1H3. The van der Waals surface area contributed by atoms with Crippen molar-refractivity contribution < 1.29 is 4.79 Å². The van der Waals surface area contributed by atoms with Gasteiger partial charge < -0.3 is 5.73 Å². The zero-order chi connectivity index (χ0) is 16.7. The van der Waals surface area contributed by atoms with E-state index in [0.29, 0.717) is 0 Å². The fraction of sp³-hybridized carbons (Fsp3) is 0.0952. The van der Waals surface area contributed by atoms with Crippen LogP contribution in [0.5, 0.6) is 0 Å². The molecule has 0 aliphatic carbocycles. The summed E-state index contributed by atoms with van der Waals surface area (Å²) in [6.07, 6.45) is 0. The monoisotopic (exact) mass is 303 g/mol. The summed E-state index contributed by atoms with van der Waals surface area (Å²) in [6, 6.07) is 24.8. The maximum Gasteiger partial charge on any atom is 0.193 e. The van der Waals surface area contributed by atoms with Crippen LogP contribution < -0.4 is 5.73 Å². The van der Waals surface area contributed by atoms with Crippen LogP contribution in [0.2, 0.25) is 0 Å². The number of hydrogen-bond donors (Lipinski definition) is 1. The highest BCUT2D eigenvalue weighted by Gasteiger charge is 2.09. The summed E-state index contributed by atoms with van der Waals surface area (Å²) in [5, 5.41) is 0. The van der Waals surface area contributed by atoms with Gasteiger partial charge in [-0.25, -0.2) is 0 Å². The number of anilines is 1. The summed E-state index contributed by atoms with van der Waals surface area (Å²) in [5.74, 6) is 0.0914.